The van der Waals surface area contributed by atoms with Gasteiger partial charge >= 0.3 is 0 Å². The number of halogens is 2. The van der Waals surface area contributed by atoms with Crippen LogP contribution >= 0.6 is 45.2 Å². The van der Waals surface area contributed by atoms with Crippen molar-refractivity contribution in [3.63, 3.8) is 0 Å². The van der Waals surface area contributed by atoms with Gasteiger partial charge in [0, 0.05) is 7.05 Å². The standard InChI is InChI=1S/C5H7I2NO2/c1-8-4(9)2(6)3(7)5(8)10/h2-4,9H,1H3. The van der Waals surface area contributed by atoms with Crippen LogP contribution in [0, 0.1) is 0 Å². The Hall–Kier alpha value is 0.890. The molecule has 1 saturated heterocycles. The van der Waals surface area contributed by atoms with Crippen molar-refractivity contribution < 1.29 is 9.90 Å². The molecule has 3 unspecified atom stereocenters. The topological polar surface area (TPSA) is 40.5 Å². The smallest absolute Gasteiger partial charge is 0.238 e. The molecular formula is C5H7I2NO2. The second kappa shape index (κ2) is 3.10. The van der Waals surface area contributed by atoms with Crippen molar-refractivity contribution in [1.82, 2.24) is 4.90 Å². The maximum Gasteiger partial charge on any atom is 0.238 e. The molecular weight excluding hydrogens is 360 g/mol. The van der Waals surface area contributed by atoms with Crippen LogP contribution in [0.25, 0.3) is 0 Å². The van der Waals surface area contributed by atoms with Gasteiger partial charge in [-0.05, 0) is 0 Å². The monoisotopic (exact) mass is 367 g/mol. The van der Waals surface area contributed by atoms with E-state index in [1.165, 1.54) is 4.90 Å². The van der Waals surface area contributed by atoms with E-state index in [0.717, 1.165) is 0 Å². The number of hydrogen-bond donors (Lipinski definition) is 1. The number of aliphatic hydroxyl groups excluding tert-OH is 1. The third kappa shape index (κ3) is 1.27. The lowest BCUT2D eigenvalue weighted by Gasteiger charge is -2.14. The van der Waals surface area contributed by atoms with E-state index in [1.54, 1.807) is 7.05 Å². The molecule has 1 fully saturated rings. The Kier molecular flexibility index (Phi) is 2.78. The first-order chi connectivity index (χ1) is 4.55. The predicted octanol–water partition coefficient (Wildman–Crippen LogP) is 0.384. The maximum atomic E-state index is 11.1. The van der Waals surface area contributed by atoms with Gasteiger partial charge in [-0.15, -0.1) is 0 Å². The molecule has 0 spiro atoms. The SMILES string of the molecule is CN1C(=O)C(I)C(I)C1O. The number of likely N-dealkylation sites (tertiary alicyclic amines) is 1. The summed E-state index contributed by atoms with van der Waals surface area (Å²) < 4.78 is -0.0473. The summed E-state index contributed by atoms with van der Waals surface area (Å²) in [5.41, 5.74) is 0. The van der Waals surface area contributed by atoms with Gasteiger partial charge in [0.05, 0.1) is 3.92 Å². The highest BCUT2D eigenvalue weighted by molar-refractivity contribution is 14.1. The number of carbonyl (C=O) groups is 1. The van der Waals surface area contributed by atoms with Crippen LogP contribution in [0.3, 0.4) is 0 Å². The molecule has 1 rings (SSSR count). The predicted molar refractivity (Wildman–Crippen MR) is 54.4 cm³/mol. The van der Waals surface area contributed by atoms with Crippen LogP contribution in [0.4, 0.5) is 0 Å². The molecule has 0 radical (unpaired) electrons. The van der Waals surface area contributed by atoms with E-state index in [9.17, 15) is 9.90 Å². The highest BCUT2D eigenvalue weighted by Crippen LogP contribution is 2.28. The summed E-state index contributed by atoms with van der Waals surface area (Å²) in [6, 6.07) is 0. The summed E-state index contributed by atoms with van der Waals surface area (Å²) >= 11 is 4.15. The van der Waals surface area contributed by atoms with E-state index in [4.69, 9.17) is 0 Å². The summed E-state index contributed by atoms with van der Waals surface area (Å²) in [4.78, 5) is 12.5. The summed E-state index contributed by atoms with van der Waals surface area (Å²) in [7, 11) is 1.62. The lowest BCUT2D eigenvalue weighted by molar-refractivity contribution is -0.130. The Balaban J connectivity index is 2.78. The fourth-order valence-corrected chi connectivity index (χ4v) is 2.43. The zero-order valence-electron chi connectivity index (χ0n) is 5.29. The molecule has 1 aliphatic rings. The zero-order valence-corrected chi connectivity index (χ0v) is 9.61. The molecule has 1 aliphatic heterocycles. The first kappa shape index (κ1) is 8.98. The first-order valence-corrected chi connectivity index (χ1v) is 5.27. The molecule has 3 nitrogen and oxygen atoms in total. The van der Waals surface area contributed by atoms with Gasteiger partial charge in [-0.1, -0.05) is 45.2 Å². The second-order valence-corrected chi connectivity index (χ2v) is 4.99. The number of amides is 1. The zero-order chi connectivity index (χ0) is 7.89. The Morgan fingerprint density at radius 3 is 2.20 bits per heavy atom. The van der Waals surface area contributed by atoms with E-state index < -0.39 is 6.23 Å². The van der Waals surface area contributed by atoms with Gasteiger partial charge in [0.1, 0.15) is 10.2 Å². The third-order valence-corrected chi connectivity index (χ3v) is 5.59. The van der Waals surface area contributed by atoms with Crippen molar-refractivity contribution in [1.29, 1.82) is 0 Å². The van der Waals surface area contributed by atoms with Gasteiger partial charge in [-0.25, -0.2) is 0 Å². The van der Waals surface area contributed by atoms with Gasteiger partial charge in [-0.2, -0.15) is 0 Å². The second-order valence-electron chi connectivity index (χ2n) is 2.21. The van der Waals surface area contributed by atoms with Crippen LogP contribution in [0.1, 0.15) is 0 Å². The van der Waals surface area contributed by atoms with Crippen molar-refractivity contribution in [2.75, 3.05) is 7.05 Å². The fraction of sp³-hybridized carbons (Fsp3) is 0.800. The molecule has 1 N–H and O–H groups in total. The fourth-order valence-electron chi connectivity index (χ4n) is 0.826. The number of carbonyl (C=O) groups excluding carboxylic acids is 1. The minimum Gasteiger partial charge on any atom is -0.372 e. The molecule has 0 aromatic heterocycles. The van der Waals surface area contributed by atoms with Crippen LogP contribution < -0.4 is 0 Å². The minimum atomic E-state index is -0.602. The van der Waals surface area contributed by atoms with Gasteiger partial charge in [-0.3, -0.25) is 4.79 Å². The van der Waals surface area contributed by atoms with Crippen molar-refractivity contribution in [3.05, 3.63) is 0 Å². The summed E-state index contributed by atoms with van der Waals surface area (Å²) in [5.74, 6) is 0.0208. The number of alkyl halides is 2. The largest absolute Gasteiger partial charge is 0.372 e. The van der Waals surface area contributed by atoms with Gasteiger partial charge in [0.2, 0.25) is 5.91 Å². The number of hydrogen-bond acceptors (Lipinski definition) is 2. The molecule has 0 aromatic carbocycles. The summed E-state index contributed by atoms with van der Waals surface area (Å²) in [5, 5.41) is 9.30. The molecule has 0 bridgehead atoms. The number of aliphatic hydroxyl groups is 1. The van der Waals surface area contributed by atoms with E-state index in [-0.39, 0.29) is 13.8 Å². The number of nitrogens with zero attached hydrogens (tertiary/aromatic N) is 1. The highest BCUT2D eigenvalue weighted by atomic mass is 127. The van der Waals surface area contributed by atoms with Crippen molar-refractivity contribution >= 4 is 51.1 Å². The lowest BCUT2D eigenvalue weighted by atomic mass is 10.3. The molecule has 5 heteroatoms. The van der Waals surface area contributed by atoms with Crippen LogP contribution in [-0.2, 0) is 4.79 Å². The lowest BCUT2D eigenvalue weighted by Crippen LogP contribution is -2.31. The molecule has 0 saturated carbocycles. The Bertz CT molecular complexity index is 148. The van der Waals surface area contributed by atoms with E-state index in [1.807, 2.05) is 0 Å². The molecule has 1 amide bonds. The molecule has 10 heavy (non-hydrogen) atoms. The Morgan fingerprint density at radius 2 is 2.10 bits per heavy atom. The normalized spacial score (nSPS) is 41.0. The third-order valence-electron chi connectivity index (χ3n) is 1.54. The minimum absolute atomic E-state index is 0.0208. The van der Waals surface area contributed by atoms with Crippen molar-refractivity contribution in [2.24, 2.45) is 0 Å². The van der Waals surface area contributed by atoms with E-state index in [0.29, 0.717) is 0 Å². The van der Waals surface area contributed by atoms with E-state index in [2.05, 4.69) is 45.2 Å². The molecule has 0 aliphatic carbocycles. The first-order valence-electron chi connectivity index (χ1n) is 2.78. The summed E-state index contributed by atoms with van der Waals surface area (Å²) in [6.07, 6.45) is -0.602. The molecule has 3 atom stereocenters. The molecule has 58 valence electrons. The molecule has 1 heterocycles. The van der Waals surface area contributed by atoms with Crippen LogP contribution in [-0.4, -0.2) is 37.0 Å². The van der Waals surface area contributed by atoms with Crippen LogP contribution in [0.15, 0.2) is 0 Å². The van der Waals surface area contributed by atoms with E-state index >= 15 is 0 Å². The van der Waals surface area contributed by atoms with Crippen molar-refractivity contribution in [2.45, 2.75) is 14.1 Å². The average molecular weight is 367 g/mol. The summed E-state index contributed by atoms with van der Waals surface area (Å²) in [6.45, 7) is 0. The Morgan fingerprint density at radius 1 is 1.60 bits per heavy atom. The number of rotatable bonds is 0. The van der Waals surface area contributed by atoms with Crippen molar-refractivity contribution in [3.8, 4) is 0 Å². The van der Waals surface area contributed by atoms with Gasteiger partial charge < -0.3 is 10.0 Å². The highest BCUT2D eigenvalue weighted by Gasteiger charge is 2.42. The molecule has 0 aromatic rings. The maximum absolute atomic E-state index is 11.1. The van der Waals surface area contributed by atoms with Gasteiger partial charge in [0.25, 0.3) is 0 Å². The van der Waals surface area contributed by atoms with Gasteiger partial charge in [0.15, 0.2) is 0 Å². The van der Waals surface area contributed by atoms with Crippen LogP contribution in [0.5, 0.6) is 0 Å². The van der Waals surface area contributed by atoms with Crippen LogP contribution in [0.2, 0.25) is 0 Å². The average Bonchev–Trinajstić information content (AvgIpc) is 2.07. The Labute approximate surface area is 86.4 Å². The quantitative estimate of drug-likeness (QED) is 0.497.